The van der Waals surface area contributed by atoms with Gasteiger partial charge in [-0.1, -0.05) is 66.7 Å². The molecule has 0 spiro atoms. The fourth-order valence-electron chi connectivity index (χ4n) is 2.62. The van der Waals surface area contributed by atoms with Crippen molar-refractivity contribution in [3.8, 4) is 0 Å². The van der Waals surface area contributed by atoms with Crippen LogP contribution in [0.2, 0.25) is 0 Å². The Morgan fingerprint density at radius 1 is 0.792 bits per heavy atom. The van der Waals surface area contributed by atoms with E-state index in [0.29, 0.717) is 5.56 Å². The first-order valence-electron chi connectivity index (χ1n) is 7.87. The third kappa shape index (κ3) is 4.07. The smallest absolute Gasteiger partial charge is 0.228 e. The first-order valence-corrected chi connectivity index (χ1v) is 7.87. The summed E-state index contributed by atoms with van der Waals surface area (Å²) in [4.78, 5) is 12.3. The SMILES string of the molecule is O=C(Cc1ccccc1F)Nc1ccccc1Cc1ccccc1. The van der Waals surface area contributed by atoms with Gasteiger partial charge in [0.15, 0.2) is 0 Å². The first kappa shape index (κ1) is 15.9. The summed E-state index contributed by atoms with van der Waals surface area (Å²) in [6.45, 7) is 0. The van der Waals surface area contributed by atoms with Crippen molar-refractivity contribution in [2.24, 2.45) is 0 Å². The maximum absolute atomic E-state index is 13.7. The van der Waals surface area contributed by atoms with Crippen LogP contribution in [0.15, 0.2) is 78.9 Å². The quantitative estimate of drug-likeness (QED) is 0.732. The summed E-state index contributed by atoms with van der Waals surface area (Å²) >= 11 is 0. The predicted octanol–water partition coefficient (Wildman–Crippen LogP) is 4.60. The summed E-state index contributed by atoms with van der Waals surface area (Å²) in [6, 6.07) is 24.1. The number of para-hydroxylation sites is 1. The van der Waals surface area contributed by atoms with Gasteiger partial charge in [0.2, 0.25) is 5.91 Å². The monoisotopic (exact) mass is 319 g/mol. The summed E-state index contributed by atoms with van der Waals surface area (Å²) in [7, 11) is 0. The zero-order valence-corrected chi connectivity index (χ0v) is 13.2. The van der Waals surface area contributed by atoms with Crippen LogP contribution in [0.25, 0.3) is 0 Å². The lowest BCUT2D eigenvalue weighted by atomic mass is 10.0. The Hall–Kier alpha value is -2.94. The van der Waals surface area contributed by atoms with E-state index in [1.54, 1.807) is 18.2 Å². The molecule has 0 heterocycles. The molecule has 0 aromatic heterocycles. The Morgan fingerprint density at radius 3 is 2.17 bits per heavy atom. The molecule has 1 N–H and O–H groups in total. The van der Waals surface area contributed by atoms with E-state index in [9.17, 15) is 9.18 Å². The van der Waals surface area contributed by atoms with Gasteiger partial charge in [-0.15, -0.1) is 0 Å². The third-order valence-electron chi connectivity index (χ3n) is 3.84. The molecule has 3 aromatic carbocycles. The lowest BCUT2D eigenvalue weighted by Gasteiger charge is -2.11. The van der Waals surface area contributed by atoms with Crippen molar-refractivity contribution in [3.05, 3.63) is 101 Å². The molecule has 2 nitrogen and oxygen atoms in total. The maximum Gasteiger partial charge on any atom is 0.228 e. The fraction of sp³-hybridized carbons (Fsp3) is 0.0952. The highest BCUT2D eigenvalue weighted by Gasteiger charge is 2.10. The topological polar surface area (TPSA) is 29.1 Å². The molecule has 0 bridgehead atoms. The van der Waals surface area contributed by atoms with Gasteiger partial charge in [-0.2, -0.15) is 0 Å². The van der Waals surface area contributed by atoms with E-state index in [1.165, 1.54) is 11.6 Å². The van der Waals surface area contributed by atoms with Gasteiger partial charge in [-0.25, -0.2) is 4.39 Å². The second kappa shape index (κ2) is 7.55. The average Bonchev–Trinajstić information content (AvgIpc) is 2.60. The second-order valence-corrected chi connectivity index (χ2v) is 5.64. The molecule has 0 atom stereocenters. The predicted molar refractivity (Wildman–Crippen MR) is 94.4 cm³/mol. The van der Waals surface area contributed by atoms with Gasteiger partial charge in [-0.3, -0.25) is 4.79 Å². The van der Waals surface area contributed by atoms with Crippen LogP contribution >= 0.6 is 0 Å². The second-order valence-electron chi connectivity index (χ2n) is 5.64. The lowest BCUT2D eigenvalue weighted by Crippen LogP contribution is -2.16. The first-order chi connectivity index (χ1) is 11.7. The molecule has 3 rings (SSSR count). The number of hydrogen-bond acceptors (Lipinski definition) is 1. The number of halogens is 1. The van der Waals surface area contributed by atoms with E-state index in [-0.39, 0.29) is 18.1 Å². The van der Waals surface area contributed by atoms with Crippen LogP contribution in [-0.4, -0.2) is 5.91 Å². The number of carbonyl (C=O) groups excluding carboxylic acids is 1. The Balaban J connectivity index is 1.73. The van der Waals surface area contributed by atoms with E-state index < -0.39 is 0 Å². The maximum atomic E-state index is 13.7. The number of hydrogen-bond donors (Lipinski definition) is 1. The highest BCUT2D eigenvalue weighted by Crippen LogP contribution is 2.19. The molecule has 3 aromatic rings. The van der Waals surface area contributed by atoms with Gasteiger partial charge in [0, 0.05) is 5.69 Å². The summed E-state index contributed by atoms with van der Waals surface area (Å²) in [6.07, 6.45) is 0.753. The van der Waals surface area contributed by atoms with Crippen molar-refractivity contribution in [2.75, 3.05) is 5.32 Å². The largest absolute Gasteiger partial charge is 0.326 e. The van der Waals surface area contributed by atoms with Crippen molar-refractivity contribution in [1.82, 2.24) is 0 Å². The van der Waals surface area contributed by atoms with Crippen LogP contribution in [0.4, 0.5) is 10.1 Å². The number of amides is 1. The third-order valence-corrected chi connectivity index (χ3v) is 3.84. The van der Waals surface area contributed by atoms with Gasteiger partial charge in [0.1, 0.15) is 5.82 Å². The number of carbonyl (C=O) groups is 1. The highest BCUT2D eigenvalue weighted by atomic mass is 19.1. The number of nitrogens with one attached hydrogen (secondary N) is 1. The van der Waals surface area contributed by atoms with Gasteiger partial charge in [0.25, 0.3) is 0 Å². The Morgan fingerprint density at radius 2 is 1.42 bits per heavy atom. The molecule has 3 heteroatoms. The summed E-state index contributed by atoms with van der Waals surface area (Å²) in [5.74, 6) is -0.578. The molecule has 24 heavy (non-hydrogen) atoms. The molecular formula is C21H18FNO. The molecule has 0 saturated carbocycles. The number of benzene rings is 3. The standard InChI is InChI=1S/C21H18FNO/c22-19-12-6-4-10-17(19)15-21(24)23-20-13-7-5-11-18(20)14-16-8-2-1-3-9-16/h1-13H,14-15H2,(H,23,24). The molecule has 0 fully saturated rings. The van der Waals surface area contributed by atoms with E-state index in [4.69, 9.17) is 0 Å². The molecule has 0 unspecified atom stereocenters. The summed E-state index contributed by atoms with van der Waals surface area (Å²) in [5.41, 5.74) is 3.37. The average molecular weight is 319 g/mol. The van der Waals surface area contributed by atoms with Crippen LogP contribution in [0.5, 0.6) is 0 Å². The van der Waals surface area contributed by atoms with Gasteiger partial charge in [-0.05, 0) is 35.2 Å². The molecule has 1 amide bonds. The molecular weight excluding hydrogens is 301 g/mol. The zero-order valence-electron chi connectivity index (χ0n) is 13.2. The minimum atomic E-state index is -0.356. The van der Waals surface area contributed by atoms with Crippen LogP contribution in [0.3, 0.4) is 0 Å². The van der Waals surface area contributed by atoms with Crippen LogP contribution in [-0.2, 0) is 17.6 Å². The van der Waals surface area contributed by atoms with E-state index in [2.05, 4.69) is 17.4 Å². The number of rotatable bonds is 5. The van der Waals surface area contributed by atoms with Crippen molar-refractivity contribution in [3.63, 3.8) is 0 Å². The van der Waals surface area contributed by atoms with Crippen LogP contribution < -0.4 is 5.32 Å². The minimum absolute atomic E-state index is 0.0202. The van der Waals surface area contributed by atoms with Crippen molar-refractivity contribution in [1.29, 1.82) is 0 Å². The normalized spacial score (nSPS) is 10.4. The Labute approximate surface area is 141 Å². The molecule has 0 aliphatic rings. The van der Waals surface area contributed by atoms with E-state index in [1.807, 2.05) is 42.5 Å². The molecule has 0 aliphatic heterocycles. The molecule has 0 saturated heterocycles. The van der Waals surface area contributed by atoms with Crippen molar-refractivity contribution < 1.29 is 9.18 Å². The Bertz CT molecular complexity index is 830. The number of anilines is 1. The van der Waals surface area contributed by atoms with Crippen molar-refractivity contribution in [2.45, 2.75) is 12.8 Å². The van der Waals surface area contributed by atoms with Gasteiger partial charge in [0.05, 0.1) is 6.42 Å². The zero-order chi connectivity index (χ0) is 16.8. The minimum Gasteiger partial charge on any atom is -0.326 e. The highest BCUT2D eigenvalue weighted by molar-refractivity contribution is 5.93. The molecule has 0 radical (unpaired) electrons. The van der Waals surface area contributed by atoms with Crippen LogP contribution in [0, 0.1) is 5.82 Å². The van der Waals surface area contributed by atoms with E-state index >= 15 is 0 Å². The van der Waals surface area contributed by atoms with Crippen molar-refractivity contribution >= 4 is 11.6 Å². The summed E-state index contributed by atoms with van der Waals surface area (Å²) in [5, 5.41) is 2.90. The van der Waals surface area contributed by atoms with Gasteiger partial charge < -0.3 is 5.32 Å². The summed E-state index contributed by atoms with van der Waals surface area (Å²) < 4.78 is 13.7. The lowest BCUT2D eigenvalue weighted by molar-refractivity contribution is -0.115. The van der Waals surface area contributed by atoms with Gasteiger partial charge >= 0.3 is 0 Å². The fourth-order valence-corrected chi connectivity index (χ4v) is 2.62. The molecule has 0 aliphatic carbocycles. The van der Waals surface area contributed by atoms with E-state index in [0.717, 1.165) is 17.7 Å². The molecule has 120 valence electrons. The van der Waals surface area contributed by atoms with Crippen LogP contribution in [0.1, 0.15) is 16.7 Å². The Kier molecular flexibility index (Phi) is 5.02.